The Labute approximate surface area is 196 Å². The number of imidazole rings is 1. The van der Waals surface area contributed by atoms with Crippen molar-refractivity contribution in [2.45, 2.75) is 73.1 Å². The number of carbonyl (C=O) groups is 1. The maximum Gasteiger partial charge on any atom is 0.274 e. The van der Waals surface area contributed by atoms with E-state index in [0.29, 0.717) is 37.0 Å². The summed E-state index contributed by atoms with van der Waals surface area (Å²) in [5.41, 5.74) is 0.763. The van der Waals surface area contributed by atoms with E-state index in [2.05, 4.69) is 38.0 Å². The summed E-state index contributed by atoms with van der Waals surface area (Å²) in [6.45, 7) is 10.8. The smallest absolute Gasteiger partial charge is 0.274 e. The van der Waals surface area contributed by atoms with E-state index in [0.717, 1.165) is 31.2 Å². The number of hydrogen-bond acceptors (Lipinski definition) is 3. The number of nitrogens with zero attached hydrogens (tertiary/aromatic N) is 2. The number of benzene rings is 1. The van der Waals surface area contributed by atoms with Gasteiger partial charge in [0.2, 0.25) is 5.95 Å². The molecule has 0 radical (unpaired) electrons. The molecule has 1 amide bonds. The Balaban J connectivity index is 1.93. The summed E-state index contributed by atoms with van der Waals surface area (Å²) in [7, 11) is -2.71. The molecule has 3 rings (SSSR count). The molecular formula is C26H38FN3O2. The summed E-state index contributed by atoms with van der Waals surface area (Å²) in [4.78, 5) is 17.1. The van der Waals surface area contributed by atoms with Crippen molar-refractivity contribution in [1.29, 1.82) is 0 Å². The van der Waals surface area contributed by atoms with Crippen LogP contribution in [0, 0.1) is 23.2 Å². The van der Waals surface area contributed by atoms with Crippen LogP contribution in [-0.4, -0.2) is 29.0 Å². The summed E-state index contributed by atoms with van der Waals surface area (Å²) in [5, 5.41) is 2.85. The molecule has 2 aromatic rings. The first kappa shape index (κ1) is 20.3. The van der Waals surface area contributed by atoms with Crippen LogP contribution < -0.4 is 10.1 Å². The number of methoxy groups -OCH3 is 1. The molecule has 1 aromatic heterocycles. The van der Waals surface area contributed by atoms with E-state index in [1.165, 1.54) is 4.57 Å². The molecule has 1 aliphatic rings. The van der Waals surface area contributed by atoms with Gasteiger partial charge in [0.15, 0.2) is 5.69 Å². The van der Waals surface area contributed by atoms with Gasteiger partial charge in [-0.05, 0) is 54.2 Å². The van der Waals surface area contributed by atoms with E-state index in [9.17, 15) is 4.79 Å². The highest BCUT2D eigenvalue weighted by molar-refractivity contribution is 5.92. The lowest BCUT2D eigenvalue weighted by atomic mass is 9.83. The Kier molecular flexibility index (Phi) is 6.36. The van der Waals surface area contributed by atoms with Crippen LogP contribution in [0.4, 0.5) is 4.39 Å². The van der Waals surface area contributed by atoms with Crippen LogP contribution in [0.2, 0.25) is 0 Å². The van der Waals surface area contributed by atoms with Crippen molar-refractivity contribution < 1.29 is 18.0 Å². The van der Waals surface area contributed by atoms with Crippen molar-refractivity contribution in [1.82, 2.24) is 14.9 Å². The molecule has 0 unspecified atom stereocenters. The second-order valence-electron chi connectivity index (χ2n) is 10.3. The fraction of sp³-hybridized carbons (Fsp3) is 0.615. The minimum Gasteiger partial charge on any atom is -0.495 e. The number of halogens is 1. The first-order chi connectivity index (χ1) is 16.3. The molecule has 1 saturated carbocycles. The molecule has 1 N–H and O–H groups in total. The molecule has 0 atom stereocenters. The van der Waals surface area contributed by atoms with Gasteiger partial charge in [0, 0.05) is 13.0 Å². The quantitative estimate of drug-likeness (QED) is 0.591. The number of rotatable bonds is 7. The number of hydrogen-bond donors (Lipinski definition) is 1. The largest absolute Gasteiger partial charge is 0.495 e. The van der Waals surface area contributed by atoms with E-state index in [1.807, 2.05) is 6.07 Å². The zero-order chi connectivity index (χ0) is 26.0. The van der Waals surface area contributed by atoms with Gasteiger partial charge < -0.3 is 10.1 Å². The highest BCUT2D eigenvalue weighted by atomic mass is 19.1. The lowest BCUT2D eigenvalue weighted by molar-refractivity contribution is 0.0932. The van der Waals surface area contributed by atoms with Gasteiger partial charge in [0.25, 0.3) is 5.91 Å². The van der Waals surface area contributed by atoms with Crippen molar-refractivity contribution in [3.63, 3.8) is 0 Å². The van der Waals surface area contributed by atoms with Gasteiger partial charge in [-0.15, -0.1) is 0 Å². The molecule has 0 bridgehead atoms. The zero-order valence-electron chi connectivity index (χ0n) is 22.9. The van der Waals surface area contributed by atoms with Crippen molar-refractivity contribution in [2.75, 3.05) is 13.6 Å². The second kappa shape index (κ2) is 10.1. The molecule has 1 heterocycles. The number of aryl methyl sites for hydroxylation is 1. The third-order valence-electron chi connectivity index (χ3n) is 6.22. The molecular weight excluding hydrogens is 405 g/mol. The van der Waals surface area contributed by atoms with E-state index in [4.69, 9.17) is 8.85 Å². The Hall–Kier alpha value is -2.37. The summed E-state index contributed by atoms with van der Waals surface area (Å²) >= 11 is 0. The summed E-state index contributed by atoms with van der Waals surface area (Å²) < 4.78 is 44.9. The van der Waals surface area contributed by atoms with Crippen molar-refractivity contribution >= 4 is 5.91 Å². The average Bonchev–Trinajstić information content (AvgIpc) is 3.07. The summed E-state index contributed by atoms with van der Waals surface area (Å²) in [6.07, 6.45) is 5.42. The molecule has 5 nitrogen and oxygen atoms in total. The number of aromatic nitrogens is 2. The fourth-order valence-electron chi connectivity index (χ4n) is 4.47. The van der Waals surface area contributed by atoms with Crippen molar-refractivity contribution in [2.24, 2.45) is 17.3 Å². The molecule has 0 aliphatic heterocycles. The molecule has 0 spiro atoms. The lowest BCUT2D eigenvalue weighted by Crippen LogP contribution is -2.31. The van der Waals surface area contributed by atoms with Crippen LogP contribution in [0.25, 0.3) is 5.69 Å². The number of amides is 1. The van der Waals surface area contributed by atoms with Crippen LogP contribution in [-0.2, 0) is 12.8 Å². The van der Waals surface area contributed by atoms with Gasteiger partial charge >= 0.3 is 0 Å². The predicted octanol–water partition coefficient (Wildman–Crippen LogP) is 5.73. The third kappa shape index (κ3) is 5.70. The monoisotopic (exact) mass is 446 g/mol. The number of carbonyl (C=O) groups excluding carboxylic acids is 1. The first-order valence-corrected chi connectivity index (χ1v) is 11.6. The standard InChI is InChI=1S/C26H38FN3O2/c1-7-22-29-23(25(31)28-16-18-10-8-17(2)9-11-18)24(27)30(22)20-13-12-19(14-21(20)32-6)15-26(3,4)5/h12-14,17-18H,7-11,15-16H2,1-6H3,(H,28,31)/i6D3. The Morgan fingerprint density at radius 3 is 2.66 bits per heavy atom. The SMILES string of the molecule is [2H]C([2H])([2H])Oc1cc(CC(C)(C)C)ccc1-n1c(CC)nc(C(=O)NCC2CCC(C)CC2)c1F. The van der Waals surface area contributed by atoms with E-state index < -0.39 is 18.9 Å². The van der Waals surface area contributed by atoms with Crippen LogP contribution >= 0.6 is 0 Å². The topological polar surface area (TPSA) is 56.2 Å². The Morgan fingerprint density at radius 2 is 2.03 bits per heavy atom. The second-order valence-corrected chi connectivity index (χ2v) is 10.3. The van der Waals surface area contributed by atoms with E-state index in [1.54, 1.807) is 19.1 Å². The molecule has 0 saturated heterocycles. The number of ether oxygens (including phenoxy) is 1. The predicted molar refractivity (Wildman–Crippen MR) is 126 cm³/mol. The minimum absolute atomic E-state index is 0.0287. The summed E-state index contributed by atoms with van der Waals surface area (Å²) in [6, 6.07) is 5.10. The van der Waals surface area contributed by atoms with Crippen molar-refractivity contribution in [3.05, 3.63) is 41.2 Å². The van der Waals surface area contributed by atoms with Crippen LogP contribution in [0.5, 0.6) is 5.75 Å². The van der Waals surface area contributed by atoms with E-state index in [-0.39, 0.29) is 22.5 Å². The summed E-state index contributed by atoms with van der Waals surface area (Å²) in [5.74, 6) is 0.0656. The Bertz CT molecular complexity index is 1040. The van der Waals surface area contributed by atoms with Crippen molar-refractivity contribution in [3.8, 4) is 11.4 Å². The van der Waals surface area contributed by atoms with Gasteiger partial charge in [0.1, 0.15) is 11.6 Å². The maximum atomic E-state index is 15.7. The average molecular weight is 447 g/mol. The normalized spacial score (nSPS) is 20.9. The highest BCUT2D eigenvalue weighted by Gasteiger charge is 2.26. The number of nitrogens with one attached hydrogen (secondary N) is 1. The lowest BCUT2D eigenvalue weighted by Gasteiger charge is -2.26. The van der Waals surface area contributed by atoms with Gasteiger partial charge in [0.05, 0.1) is 16.8 Å². The van der Waals surface area contributed by atoms with Gasteiger partial charge in [-0.1, -0.05) is 53.5 Å². The van der Waals surface area contributed by atoms with Crippen LogP contribution in [0.1, 0.15) is 86.3 Å². The maximum absolute atomic E-state index is 15.7. The molecule has 1 aliphatic carbocycles. The molecule has 32 heavy (non-hydrogen) atoms. The van der Waals surface area contributed by atoms with Gasteiger partial charge in [-0.3, -0.25) is 9.36 Å². The third-order valence-corrected chi connectivity index (χ3v) is 6.22. The fourth-order valence-corrected chi connectivity index (χ4v) is 4.47. The van der Waals surface area contributed by atoms with Crippen LogP contribution in [0.15, 0.2) is 18.2 Å². The van der Waals surface area contributed by atoms with Gasteiger partial charge in [-0.25, -0.2) is 4.98 Å². The molecule has 1 fully saturated rings. The molecule has 1 aromatic carbocycles. The Morgan fingerprint density at radius 1 is 1.31 bits per heavy atom. The molecule has 176 valence electrons. The van der Waals surface area contributed by atoms with E-state index >= 15 is 4.39 Å². The highest BCUT2D eigenvalue weighted by Crippen LogP contribution is 2.31. The van der Waals surface area contributed by atoms with Crippen LogP contribution in [0.3, 0.4) is 0 Å². The zero-order valence-corrected chi connectivity index (χ0v) is 19.9. The first-order valence-electron chi connectivity index (χ1n) is 13.1. The molecule has 6 heteroatoms. The minimum atomic E-state index is -2.71. The van der Waals surface area contributed by atoms with Gasteiger partial charge in [-0.2, -0.15) is 4.39 Å².